The molecule has 296 valence electrons. The summed E-state index contributed by atoms with van der Waals surface area (Å²) in [6.07, 6.45) is 9.27. The zero-order valence-corrected chi connectivity index (χ0v) is 33.1. The summed E-state index contributed by atoms with van der Waals surface area (Å²) >= 11 is 5.91. The molecule has 2 bridgehead atoms. The highest BCUT2D eigenvalue weighted by Crippen LogP contribution is 2.37. The van der Waals surface area contributed by atoms with Crippen LogP contribution in [0.5, 0.6) is 0 Å². The van der Waals surface area contributed by atoms with Crippen LogP contribution < -0.4 is 25.3 Å². The van der Waals surface area contributed by atoms with Crippen LogP contribution in [0.25, 0.3) is 10.9 Å². The van der Waals surface area contributed by atoms with Gasteiger partial charge in [-0.2, -0.15) is 9.40 Å². The third kappa shape index (κ3) is 7.27. The summed E-state index contributed by atoms with van der Waals surface area (Å²) in [6.45, 7) is 6.08. The lowest BCUT2D eigenvalue weighted by atomic mass is 9.94. The standard InChI is InChI=1S/C39H48ClN11O4S/c1-46-35-20-30(7-8-34(35)37(45-46)50-18-13-36(52)44-39(50)53)48-24-31-5-6-32(25-48)51(31)23-26-9-14-47(15-10-26)29-3-2-4-33(19-29)56(54,55)49-16-11-28(12-17-49)43-38-41-21-27(40)22-42-38/h2-4,7-8,19-22,26,28,31-32H,5-6,9-18,23-25H2,1H3,(H,41,42,43)(H,44,52,53). The summed E-state index contributed by atoms with van der Waals surface area (Å²) < 4.78 is 30.9. The second kappa shape index (κ2) is 15.1. The molecule has 0 radical (unpaired) electrons. The predicted molar refractivity (Wildman–Crippen MR) is 216 cm³/mol. The van der Waals surface area contributed by atoms with Gasteiger partial charge in [-0.1, -0.05) is 17.7 Å². The van der Waals surface area contributed by atoms with E-state index in [9.17, 15) is 18.0 Å². The van der Waals surface area contributed by atoms with E-state index < -0.39 is 16.1 Å². The van der Waals surface area contributed by atoms with Crippen LogP contribution in [-0.4, -0.2) is 120 Å². The number of carbonyl (C=O) groups is 2. The van der Waals surface area contributed by atoms with Gasteiger partial charge in [-0.15, -0.1) is 0 Å². The summed E-state index contributed by atoms with van der Waals surface area (Å²) in [5.74, 6) is 1.43. The molecule has 2 N–H and O–H groups in total. The summed E-state index contributed by atoms with van der Waals surface area (Å²) in [7, 11) is -1.72. The lowest BCUT2D eigenvalue weighted by Crippen LogP contribution is -2.55. The number of piperazine rings is 1. The Hall–Kier alpha value is -4.51. The fourth-order valence-electron chi connectivity index (χ4n) is 9.36. The number of urea groups is 1. The van der Waals surface area contributed by atoms with Gasteiger partial charge in [0.05, 0.1) is 27.8 Å². The number of rotatable bonds is 9. The number of nitrogens with zero attached hydrogens (tertiary/aromatic N) is 9. The number of hydrogen-bond acceptors (Lipinski definition) is 11. The predicted octanol–water partition coefficient (Wildman–Crippen LogP) is 4.30. The molecule has 9 rings (SSSR count). The highest BCUT2D eigenvalue weighted by atomic mass is 35.5. The summed E-state index contributed by atoms with van der Waals surface area (Å²) in [5.41, 5.74) is 3.11. The number of carbonyl (C=O) groups excluding carboxylic acids is 2. The van der Waals surface area contributed by atoms with Gasteiger partial charge in [-0.3, -0.25) is 24.6 Å². The number of imide groups is 1. The molecule has 0 aliphatic carbocycles. The molecule has 17 heteroatoms. The molecule has 56 heavy (non-hydrogen) atoms. The zero-order valence-electron chi connectivity index (χ0n) is 31.6. The van der Waals surface area contributed by atoms with Crippen molar-refractivity contribution in [1.82, 2.24) is 34.3 Å². The molecular weight excluding hydrogens is 754 g/mol. The summed E-state index contributed by atoms with van der Waals surface area (Å²) in [5, 5.41) is 11.8. The highest BCUT2D eigenvalue weighted by molar-refractivity contribution is 7.89. The monoisotopic (exact) mass is 801 g/mol. The van der Waals surface area contributed by atoms with E-state index in [0.717, 1.165) is 62.2 Å². The van der Waals surface area contributed by atoms with Crippen LogP contribution in [0.4, 0.5) is 27.9 Å². The third-order valence-corrected chi connectivity index (χ3v) is 14.5. The minimum atomic E-state index is -3.62. The smallest absolute Gasteiger partial charge is 0.329 e. The van der Waals surface area contributed by atoms with Crippen molar-refractivity contribution in [3.05, 3.63) is 59.9 Å². The molecule has 5 saturated heterocycles. The third-order valence-electron chi connectivity index (χ3n) is 12.4. The molecule has 5 fully saturated rings. The van der Waals surface area contributed by atoms with Crippen molar-refractivity contribution in [2.24, 2.45) is 13.0 Å². The fourth-order valence-corrected chi connectivity index (χ4v) is 11.0. The van der Waals surface area contributed by atoms with Crippen molar-refractivity contribution in [2.75, 3.05) is 72.4 Å². The number of anilines is 4. The van der Waals surface area contributed by atoms with Crippen LogP contribution in [0.1, 0.15) is 44.9 Å². The Morgan fingerprint density at radius 3 is 2.29 bits per heavy atom. The van der Waals surface area contributed by atoms with E-state index in [1.165, 1.54) is 18.5 Å². The molecule has 0 spiro atoms. The average Bonchev–Trinajstić information content (AvgIpc) is 3.64. The van der Waals surface area contributed by atoms with Gasteiger partial charge in [0, 0.05) is 101 Å². The Labute approximate surface area is 332 Å². The molecule has 15 nitrogen and oxygen atoms in total. The molecule has 7 heterocycles. The first-order valence-electron chi connectivity index (χ1n) is 19.8. The van der Waals surface area contributed by atoms with Crippen molar-refractivity contribution >= 4 is 67.6 Å². The van der Waals surface area contributed by atoms with Gasteiger partial charge in [0.1, 0.15) is 0 Å². The second-order valence-corrected chi connectivity index (χ2v) is 18.2. The molecule has 5 aliphatic rings. The second-order valence-electron chi connectivity index (χ2n) is 15.9. The van der Waals surface area contributed by atoms with Crippen LogP contribution in [0, 0.1) is 5.92 Å². The van der Waals surface area contributed by atoms with Gasteiger partial charge in [0.25, 0.3) is 0 Å². The minimum Gasteiger partial charge on any atom is -0.371 e. The number of hydrogen-bond donors (Lipinski definition) is 2. The van der Waals surface area contributed by atoms with Crippen LogP contribution >= 0.6 is 11.6 Å². The number of nitrogens with one attached hydrogen (secondary N) is 2. The Bertz CT molecular complexity index is 2210. The molecule has 2 aromatic heterocycles. The van der Waals surface area contributed by atoms with Crippen molar-refractivity contribution in [3.63, 3.8) is 0 Å². The highest BCUT2D eigenvalue weighted by Gasteiger charge is 2.41. The largest absolute Gasteiger partial charge is 0.371 e. The van der Waals surface area contributed by atoms with Gasteiger partial charge in [-0.05, 0) is 80.8 Å². The average molecular weight is 802 g/mol. The van der Waals surface area contributed by atoms with Gasteiger partial charge in [-0.25, -0.2) is 23.2 Å². The van der Waals surface area contributed by atoms with Crippen molar-refractivity contribution < 1.29 is 18.0 Å². The number of halogens is 1. The van der Waals surface area contributed by atoms with E-state index >= 15 is 0 Å². The first-order chi connectivity index (χ1) is 27.1. The number of amides is 3. The normalized spacial score (nSPS) is 23.3. The Balaban J connectivity index is 0.782. The lowest BCUT2D eigenvalue weighted by Gasteiger charge is -2.44. The Morgan fingerprint density at radius 2 is 1.57 bits per heavy atom. The molecular formula is C39H48ClN11O4S. The van der Waals surface area contributed by atoms with Gasteiger partial charge < -0.3 is 15.1 Å². The van der Waals surface area contributed by atoms with Gasteiger partial charge in [0.2, 0.25) is 21.9 Å². The van der Waals surface area contributed by atoms with Crippen LogP contribution in [0.2, 0.25) is 5.02 Å². The lowest BCUT2D eigenvalue weighted by molar-refractivity contribution is -0.120. The fraction of sp³-hybridized carbons (Fsp3) is 0.513. The molecule has 5 aliphatic heterocycles. The molecule has 2 atom stereocenters. The van der Waals surface area contributed by atoms with Gasteiger partial charge >= 0.3 is 6.03 Å². The number of sulfonamides is 1. The SMILES string of the molecule is Cn1nc(N2CCC(=O)NC2=O)c2ccc(N3CC4CCC(C3)N4CC3CCN(c4cccc(S(=O)(=O)N5CCC(Nc6ncc(Cl)cn6)CC5)c4)CC3)cc21. The van der Waals surface area contributed by atoms with Crippen molar-refractivity contribution in [2.45, 2.75) is 68.0 Å². The van der Waals surface area contributed by atoms with Crippen LogP contribution in [0.15, 0.2) is 59.8 Å². The van der Waals surface area contributed by atoms with Gasteiger partial charge in [0.15, 0.2) is 5.82 Å². The topological polar surface area (TPSA) is 152 Å². The van der Waals surface area contributed by atoms with E-state index in [1.54, 1.807) is 27.7 Å². The molecule has 2 unspecified atom stereocenters. The number of piperidine rings is 2. The van der Waals surface area contributed by atoms with E-state index in [4.69, 9.17) is 11.6 Å². The van der Waals surface area contributed by atoms with E-state index in [1.807, 2.05) is 29.9 Å². The first-order valence-corrected chi connectivity index (χ1v) is 21.6. The Morgan fingerprint density at radius 1 is 0.857 bits per heavy atom. The van der Waals surface area contributed by atoms with Crippen LogP contribution in [-0.2, 0) is 21.9 Å². The van der Waals surface area contributed by atoms with E-state index in [0.29, 0.717) is 72.2 Å². The number of benzene rings is 2. The molecule has 2 aromatic carbocycles. The first kappa shape index (κ1) is 37.1. The molecule has 0 saturated carbocycles. The maximum absolute atomic E-state index is 13.7. The Kier molecular flexibility index (Phi) is 10.0. The maximum Gasteiger partial charge on any atom is 0.329 e. The number of fused-ring (bicyclic) bond motifs is 3. The van der Waals surface area contributed by atoms with Crippen molar-refractivity contribution in [3.8, 4) is 0 Å². The summed E-state index contributed by atoms with van der Waals surface area (Å²) in [4.78, 5) is 42.2. The van der Waals surface area contributed by atoms with E-state index in [2.05, 4.69) is 58.6 Å². The number of aromatic nitrogens is 4. The molecule has 4 aromatic rings. The minimum absolute atomic E-state index is 0.0963. The maximum atomic E-state index is 13.7. The van der Waals surface area contributed by atoms with Crippen LogP contribution in [0.3, 0.4) is 0 Å². The number of aryl methyl sites for hydroxylation is 1. The van der Waals surface area contributed by atoms with E-state index in [-0.39, 0.29) is 18.4 Å². The molecule has 3 amide bonds. The summed E-state index contributed by atoms with van der Waals surface area (Å²) in [6, 6.07) is 14.6. The van der Waals surface area contributed by atoms with Crippen molar-refractivity contribution in [1.29, 1.82) is 0 Å². The quantitative estimate of drug-likeness (QED) is 0.249. The zero-order chi connectivity index (χ0) is 38.6.